The Hall–Kier alpha value is -2.47. The van der Waals surface area contributed by atoms with Crippen LogP contribution >= 0.6 is 0 Å². The van der Waals surface area contributed by atoms with E-state index in [1.807, 2.05) is 19.1 Å². The summed E-state index contributed by atoms with van der Waals surface area (Å²) in [7, 11) is 0. The molecule has 0 atom stereocenters. The van der Waals surface area contributed by atoms with Crippen molar-refractivity contribution in [2.75, 3.05) is 0 Å². The zero-order chi connectivity index (χ0) is 12.8. The largest absolute Gasteiger partial charge is 0.298 e. The molecule has 1 aromatic rings. The number of rotatable bonds is 4. The summed E-state index contributed by atoms with van der Waals surface area (Å²) >= 11 is 0. The first kappa shape index (κ1) is 12.6. The van der Waals surface area contributed by atoms with Crippen LogP contribution < -0.4 is 0 Å². The maximum atomic E-state index is 10.7. The number of nitriles is 1. The van der Waals surface area contributed by atoms with Crippen LogP contribution in [0.5, 0.6) is 0 Å². The van der Waals surface area contributed by atoms with Gasteiger partial charge in [0.05, 0.1) is 0 Å². The van der Waals surface area contributed by atoms with Crippen LogP contribution in [0.15, 0.2) is 42.0 Å². The van der Waals surface area contributed by atoms with E-state index in [1.54, 1.807) is 12.1 Å². The Bertz CT molecular complexity index is 548. The molecule has 0 aliphatic heterocycles. The van der Waals surface area contributed by atoms with Gasteiger partial charge in [0.15, 0.2) is 0 Å². The Labute approximate surface area is 100 Å². The molecule has 0 unspecified atom stereocenters. The van der Waals surface area contributed by atoms with Crippen molar-refractivity contribution in [1.82, 2.24) is 0 Å². The first-order chi connectivity index (χ1) is 8.08. The maximum absolute atomic E-state index is 10.7. The van der Waals surface area contributed by atoms with E-state index in [2.05, 4.69) is 18.2 Å². The zero-order valence-corrected chi connectivity index (χ0v) is 9.60. The Morgan fingerprint density at radius 1 is 1.47 bits per heavy atom. The molecule has 0 spiro atoms. The summed E-state index contributed by atoms with van der Waals surface area (Å²) in [6.45, 7) is 9.13. The van der Waals surface area contributed by atoms with Gasteiger partial charge in [0.2, 0.25) is 0 Å². The van der Waals surface area contributed by atoms with Gasteiger partial charge < -0.3 is 0 Å². The fraction of sp³-hybridized carbons (Fsp3) is 0.0714. The number of aryl methyl sites for hydroxylation is 1. The minimum Gasteiger partial charge on any atom is -0.298 e. The van der Waals surface area contributed by atoms with Gasteiger partial charge in [0, 0.05) is 11.8 Å². The van der Waals surface area contributed by atoms with Crippen molar-refractivity contribution in [3.63, 3.8) is 0 Å². The molecule has 0 heterocycles. The highest BCUT2D eigenvalue weighted by atomic mass is 16.1. The molecule has 0 radical (unpaired) electrons. The van der Waals surface area contributed by atoms with E-state index in [4.69, 9.17) is 5.26 Å². The number of nitrogens with zero attached hydrogens (tertiary/aromatic N) is 2. The number of aldehydes is 1. The average Bonchev–Trinajstić information content (AvgIpc) is 2.35. The standard InChI is InChI=1S/C14H12N2O/c1-10-6-13(4-5-14(10)9-17)11(2)8-16-12(3)7-15/h4-6,8-9H,2-3H2,1H3/b16-8+. The maximum Gasteiger partial charge on any atom is 0.150 e. The molecule has 3 heteroatoms. The Morgan fingerprint density at radius 3 is 2.71 bits per heavy atom. The van der Waals surface area contributed by atoms with E-state index in [9.17, 15) is 4.79 Å². The van der Waals surface area contributed by atoms with E-state index >= 15 is 0 Å². The third-order valence-electron chi connectivity index (χ3n) is 2.27. The Kier molecular flexibility index (Phi) is 4.13. The molecule has 3 nitrogen and oxygen atoms in total. The molecular weight excluding hydrogens is 212 g/mol. The summed E-state index contributed by atoms with van der Waals surface area (Å²) in [4.78, 5) is 14.5. The number of benzene rings is 1. The van der Waals surface area contributed by atoms with Crippen molar-refractivity contribution in [3.8, 4) is 6.07 Å². The number of hydrogen-bond acceptors (Lipinski definition) is 3. The van der Waals surface area contributed by atoms with Crippen LogP contribution in [0, 0.1) is 18.3 Å². The lowest BCUT2D eigenvalue weighted by Gasteiger charge is -2.03. The van der Waals surface area contributed by atoms with Gasteiger partial charge in [-0.25, -0.2) is 4.99 Å². The minimum absolute atomic E-state index is 0.132. The molecule has 0 aliphatic carbocycles. The van der Waals surface area contributed by atoms with Crippen LogP contribution in [0.3, 0.4) is 0 Å². The average molecular weight is 224 g/mol. The number of aliphatic imine (C=N–C) groups is 1. The Morgan fingerprint density at radius 2 is 2.18 bits per heavy atom. The van der Waals surface area contributed by atoms with Crippen molar-refractivity contribution < 1.29 is 4.79 Å². The summed E-state index contributed by atoms with van der Waals surface area (Å²) in [5.41, 5.74) is 3.20. The lowest BCUT2D eigenvalue weighted by Crippen LogP contribution is -1.90. The van der Waals surface area contributed by atoms with E-state index in [0.29, 0.717) is 11.1 Å². The fourth-order valence-corrected chi connectivity index (χ4v) is 1.27. The molecule has 17 heavy (non-hydrogen) atoms. The molecule has 0 aromatic heterocycles. The molecule has 0 amide bonds. The van der Waals surface area contributed by atoms with Crippen LogP contribution in [-0.4, -0.2) is 12.5 Å². The van der Waals surface area contributed by atoms with Crippen molar-refractivity contribution in [1.29, 1.82) is 5.26 Å². The molecular formula is C14H12N2O. The Balaban J connectivity index is 2.95. The van der Waals surface area contributed by atoms with E-state index in [-0.39, 0.29) is 5.70 Å². The molecule has 1 rings (SSSR count). The van der Waals surface area contributed by atoms with Crippen LogP contribution in [0.1, 0.15) is 21.5 Å². The second kappa shape index (κ2) is 5.57. The zero-order valence-electron chi connectivity index (χ0n) is 9.60. The summed E-state index contributed by atoms with van der Waals surface area (Å²) in [5.74, 6) is 0. The predicted octanol–water partition coefficient (Wildman–Crippen LogP) is 2.93. The highest BCUT2D eigenvalue weighted by Crippen LogP contribution is 2.15. The molecule has 1 aromatic carbocycles. The van der Waals surface area contributed by atoms with Crippen LogP contribution in [0.25, 0.3) is 5.57 Å². The van der Waals surface area contributed by atoms with Gasteiger partial charge in [-0.15, -0.1) is 0 Å². The van der Waals surface area contributed by atoms with E-state index in [1.165, 1.54) is 6.21 Å². The van der Waals surface area contributed by atoms with Gasteiger partial charge in [-0.05, 0) is 23.6 Å². The second-order valence-electron chi connectivity index (χ2n) is 3.53. The van der Waals surface area contributed by atoms with Crippen molar-refractivity contribution >= 4 is 18.1 Å². The minimum atomic E-state index is 0.132. The molecule has 0 aliphatic rings. The van der Waals surface area contributed by atoms with Crippen molar-refractivity contribution in [2.24, 2.45) is 4.99 Å². The number of carbonyl (C=O) groups excluding carboxylic acids is 1. The third kappa shape index (κ3) is 3.25. The lowest BCUT2D eigenvalue weighted by atomic mass is 10.0. The molecule has 0 bridgehead atoms. The molecule has 84 valence electrons. The van der Waals surface area contributed by atoms with Gasteiger partial charge in [-0.2, -0.15) is 5.26 Å². The van der Waals surface area contributed by atoms with Crippen LogP contribution in [0.4, 0.5) is 0 Å². The van der Waals surface area contributed by atoms with Gasteiger partial charge in [-0.3, -0.25) is 4.79 Å². The highest BCUT2D eigenvalue weighted by Gasteiger charge is 2.00. The number of carbonyl (C=O) groups is 1. The van der Waals surface area contributed by atoms with Gasteiger partial charge in [0.1, 0.15) is 18.1 Å². The normalized spacial score (nSPS) is 9.88. The van der Waals surface area contributed by atoms with E-state index < -0.39 is 0 Å². The van der Waals surface area contributed by atoms with Crippen LogP contribution in [0.2, 0.25) is 0 Å². The summed E-state index contributed by atoms with van der Waals surface area (Å²) in [6, 6.07) is 7.20. The van der Waals surface area contributed by atoms with Crippen molar-refractivity contribution in [2.45, 2.75) is 6.92 Å². The van der Waals surface area contributed by atoms with Gasteiger partial charge in [0.25, 0.3) is 0 Å². The van der Waals surface area contributed by atoms with Crippen molar-refractivity contribution in [3.05, 3.63) is 53.7 Å². The number of allylic oxidation sites excluding steroid dienone is 2. The quantitative estimate of drug-likeness (QED) is 0.448. The SMILES string of the molecule is C=C(C#N)/N=C/C(=C)c1ccc(C=O)c(C)c1. The molecule has 0 saturated carbocycles. The summed E-state index contributed by atoms with van der Waals surface area (Å²) < 4.78 is 0. The topological polar surface area (TPSA) is 53.2 Å². The predicted molar refractivity (Wildman–Crippen MR) is 68.8 cm³/mol. The van der Waals surface area contributed by atoms with Gasteiger partial charge >= 0.3 is 0 Å². The summed E-state index contributed by atoms with van der Waals surface area (Å²) in [5, 5.41) is 8.50. The first-order valence-corrected chi connectivity index (χ1v) is 4.96. The monoisotopic (exact) mass is 224 g/mol. The smallest absolute Gasteiger partial charge is 0.150 e. The van der Waals surface area contributed by atoms with E-state index in [0.717, 1.165) is 17.4 Å². The molecule has 0 fully saturated rings. The first-order valence-electron chi connectivity index (χ1n) is 4.96. The second-order valence-corrected chi connectivity index (χ2v) is 3.53. The highest BCUT2D eigenvalue weighted by molar-refractivity contribution is 6.09. The van der Waals surface area contributed by atoms with Gasteiger partial charge in [-0.1, -0.05) is 31.4 Å². The van der Waals surface area contributed by atoms with Crippen LogP contribution in [-0.2, 0) is 0 Å². The third-order valence-corrected chi connectivity index (χ3v) is 2.27. The fourth-order valence-electron chi connectivity index (χ4n) is 1.27. The number of hydrogen-bond donors (Lipinski definition) is 0. The molecule has 0 saturated heterocycles. The lowest BCUT2D eigenvalue weighted by molar-refractivity contribution is 0.112. The summed E-state index contributed by atoms with van der Waals surface area (Å²) in [6.07, 6.45) is 2.30. The molecule has 0 N–H and O–H groups in total.